The van der Waals surface area contributed by atoms with Crippen molar-refractivity contribution in [2.45, 2.75) is 32.3 Å². The summed E-state index contributed by atoms with van der Waals surface area (Å²) in [6.07, 6.45) is 7.90. The third-order valence-electron chi connectivity index (χ3n) is 4.42. The second-order valence-electron chi connectivity index (χ2n) is 6.45. The van der Waals surface area contributed by atoms with E-state index in [0.717, 1.165) is 12.8 Å². The second-order valence-corrected chi connectivity index (χ2v) is 6.45. The van der Waals surface area contributed by atoms with Gasteiger partial charge in [0.1, 0.15) is 17.2 Å². The third-order valence-corrected chi connectivity index (χ3v) is 4.42. The quantitative estimate of drug-likeness (QED) is 0.758. The molecule has 0 aromatic carbocycles. The van der Waals surface area contributed by atoms with Crippen molar-refractivity contribution in [3.63, 3.8) is 0 Å². The third kappa shape index (κ3) is 3.60. The van der Waals surface area contributed by atoms with Gasteiger partial charge >= 0.3 is 0 Å². The monoisotopic (exact) mass is 359 g/mol. The Balaban J connectivity index is 1.76. The lowest BCUT2D eigenvalue weighted by molar-refractivity contribution is -0.000258. The summed E-state index contributed by atoms with van der Waals surface area (Å²) in [7, 11) is 1.64. The number of carbonyl (C=O) groups is 1. The van der Waals surface area contributed by atoms with E-state index < -0.39 is 5.60 Å². The Bertz CT molecular complexity index is 889. The first-order valence-electron chi connectivity index (χ1n) is 8.48. The Morgan fingerprint density at radius 3 is 2.85 bits per heavy atom. The number of aromatic nitrogens is 3. The number of hydrogen-bond acceptors (Lipinski definition) is 5. The molecule has 0 radical (unpaired) electrons. The van der Waals surface area contributed by atoms with Crippen LogP contribution in [0.25, 0.3) is 5.65 Å². The molecule has 3 rings (SSSR count). The molecule has 0 fully saturated rings. The Morgan fingerprint density at radius 2 is 2.23 bits per heavy atom. The standard InChI is InChI=1S/C18H22FN5O2/c1-4-8-18(2,26-3)11-20-17(25)12-10-21-24-9-7-15(23-16(12)24)22-14-6-5-13(14)19/h5-7,9-10H,4,8,11H2,1-3H3,(H,20,25)(H,22,23). The molecule has 1 unspecified atom stereocenters. The van der Waals surface area contributed by atoms with E-state index in [1.54, 1.807) is 25.4 Å². The topological polar surface area (TPSA) is 80.6 Å². The molecule has 1 amide bonds. The van der Waals surface area contributed by atoms with E-state index in [1.807, 2.05) is 6.92 Å². The maximum absolute atomic E-state index is 13.2. The van der Waals surface area contributed by atoms with Crippen LogP contribution in [0, 0.1) is 0 Å². The fourth-order valence-corrected chi connectivity index (χ4v) is 2.72. The molecule has 0 spiro atoms. The van der Waals surface area contributed by atoms with E-state index in [0.29, 0.717) is 29.3 Å². The molecule has 0 saturated carbocycles. The van der Waals surface area contributed by atoms with Gasteiger partial charge in [-0.05, 0) is 31.6 Å². The summed E-state index contributed by atoms with van der Waals surface area (Å²) in [5, 5.41) is 9.90. The molecule has 1 atom stereocenters. The molecule has 1 aliphatic rings. The van der Waals surface area contributed by atoms with E-state index in [9.17, 15) is 9.18 Å². The lowest BCUT2D eigenvalue weighted by atomic mass is 10.0. The molecule has 2 aromatic rings. The van der Waals surface area contributed by atoms with Crippen molar-refractivity contribution in [1.82, 2.24) is 19.9 Å². The maximum Gasteiger partial charge on any atom is 0.256 e. The van der Waals surface area contributed by atoms with Crippen LogP contribution in [0.15, 0.2) is 42.1 Å². The number of allylic oxidation sites excluding steroid dienone is 3. The lowest BCUT2D eigenvalue weighted by Gasteiger charge is -2.27. The molecular formula is C18H22FN5O2. The molecular weight excluding hydrogens is 337 g/mol. The van der Waals surface area contributed by atoms with Crippen LogP contribution in [0.1, 0.15) is 37.0 Å². The van der Waals surface area contributed by atoms with Crippen molar-refractivity contribution in [3.05, 3.63) is 47.7 Å². The van der Waals surface area contributed by atoms with Gasteiger partial charge in [0, 0.05) is 19.9 Å². The van der Waals surface area contributed by atoms with Gasteiger partial charge < -0.3 is 15.4 Å². The number of ether oxygens (including phenoxy) is 1. The van der Waals surface area contributed by atoms with Gasteiger partial charge in [0.15, 0.2) is 5.65 Å². The van der Waals surface area contributed by atoms with Crippen LogP contribution in [0.5, 0.6) is 0 Å². The fourth-order valence-electron chi connectivity index (χ4n) is 2.72. The molecule has 0 bridgehead atoms. The van der Waals surface area contributed by atoms with Gasteiger partial charge in [0.05, 0.1) is 17.5 Å². The van der Waals surface area contributed by atoms with Crippen molar-refractivity contribution in [2.24, 2.45) is 0 Å². The SMILES string of the molecule is CCCC(C)(CNC(=O)c1cnn2ccc(NC3=C(F)C=C3)nc12)OC. The van der Waals surface area contributed by atoms with Gasteiger partial charge in [-0.2, -0.15) is 5.10 Å². The van der Waals surface area contributed by atoms with Gasteiger partial charge in [0.25, 0.3) is 5.91 Å². The highest BCUT2D eigenvalue weighted by Gasteiger charge is 2.24. The minimum atomic E-state index is -0.423. The zero-order valence-electron chi connectivity index (χ0n) is 15.0. The van der Waals surface area contributed by atoms with Crippen LogP contribution < -0.4 is 10.6 Å². The number of fused-ring (bicyclic) bond motifs is 1. The van der Waals surface area contributed by atoms with Crippen LogP contribution in [0.3, 0.4) is 0 Å². The van der Waals surface area contributed by atoms with Crippen molar-refractivity contribution < 1.29 is 13.9 Å². The van der Waals surface area contributed by atoms with Gasteiger partial charge in [-0.1, -0.05) is 13.3 Å². The molecule has 2 aromatic heterocycles. The van der Waals surface area contributed by atoms with Crippen molar-refractivity contribution in [1.29, 1.82) is 0 Å². The highest BCUT2D eigenvalue weighted by atomic mass is 19.1. The number of amides is 1. The summed E-state index contributed by atoms with van der Waals surface area (Å²) in [6, 6.07) is 1.66. The van der Waals surface area contributed by atoms with Crippen LogP contribution in [0.2, 0.25) is 0 Å². The Labute approximate surface area is 150 Å². The van der Waals surface area contributed by atoms with Crippen molar-refractivity contribution in [3.8, 4) is 0 Å². The first kappa shape index (κ1) is 18.1. The molecule has 1 aliphatic carbocycles. The van der Waals surface area contributed by atoms with E-state index in [2.05, 4.69) is 27.6 Å². The van der Waals surface area contributed by atoms with E-state index >= 15 is 0 Å². The summed E-state index contributed by atoms with van der Waals surface area (Å²) < 4.78 is 20.3. The minimum Gasteiger partial charge on any atom is -0.377 e. The zero-order valence-corrected chi connectivity index (χ0v) is 15.0. The maximum atomic E-state index is 13.2. The first-order chi connectivity index (χ1) is 12.5. The fraction of sp³-hybridized carbons (Fsp3) is 0.389. The first-order valence-corrected chi connectivity index (χ1v) is 8.48. The second kappa shape index (κ2) is 7.25. The predicted octanol–water partition coefficient (Wildman–Crippen LogP) is 2.83. The van der Waals surface area contributed by atoms with Crippen molar-refractivity contribution in [2.75, 3.05) is 19.0 Å². The summed E-state index contributed by atoms with van der Waals surface area (Å²) in [5.41, 5.74) is 0.685. The largest absolute Gasteiger partial charge is 0.377 e. The summed E-state index contributed by atoms with van der Waals surface area (Å²) in [4.78, 5) is 17.0. The molecule has 0 saturated heterocycles. The molecule has 26 heavy (non-hydrogen) atoms. The zero-order chi connectivity index (χ0) is 18.7. The van der Waals surface area contributed by atoms with E-state index in [4.69, 9.17) is 4.74 Å². The van der Waals surface area contributed by atoms with E-state index in [-0.39, 0.29) is 11.7 Å². The number of hydrogen-bond donors (Lipinski definition) is 2. The molecule has 0 aliphatic heterocycles. The van der Waals surface area contributed by atoms with Crippen LogP contribution >= 0.6 is 0 Å². The highest BCUT2D eigenvalue weighted by Crippen LogP contribution is 2.22. The summed E-state index contributed by atoms with van der Waals surface area (Å²) in [6.45, 7) is 4.41. The normalized spacial score (nSPS) is 15.7. The molecule has 2 heterocycles. The number of anilines is 1. The minimum absolute atomic E-state index is 0.280. The average molecular weight is 359 g/mol. The van der Waals surface area contributed by atoms with Gasteiger partial charge in [-0.25, -0.2) is 13.9 Å². The Hall–Kier alpha value is -2.74. The molecule has 8 heteroatoms. The van der Waals surface area contributed by atoms with Gasteiger partial charge in [-0.15, -0.1) is 0 Å². The lowest BCUT2D eigenvalue weighted by Crippen LogP contribution is -2.42. The van der Waals surface area contributed by atoms with Crippen LogP contribution in [-0.2, 0) is 4.74 Å². The van der Waals surface area contributed by atoms with Crippen LogP contribution in [-0.4, -0.2) is 39.8 Å². The smallest absolute Gasteiger partial charge is 0.256 e. The van der Waals surface area contributed by atoms with E-state index in [1.165, 1.54) is 16.8 Å². The summed E-state index contributed by atoms with van der Waals surface area (Å²) >= 11 is 0. The number of rotatable bonds is 8. The Morgan fingerprint density at radius 1 is 1.42 bits per heavy atom. The molecule has 2 N–H and O–H groups in total. The van der Waals surface area contributed by atoms with Gasteiger partial charge in [-0.3, -0.25) is 4.79 Å². The Kier molecular flexibility index (Phi) is 5.03. The van der Waals surface area contributed by atoms with Crippen molar-refractivity contribution >= 4 is 17.4 Å². The summed E-state index contributed by atoms with van der Waals surface area (Å²) in [5.74, 6) is -0.167. The van der Waals surface area contributed by atoms with Gasteiger partial charge in [0.2, 0.25) is 0 Å². The number of carbonyl (C=O) groups excluding carboxylic acids is 1. The number of nitrogens with one attached hydrogen (secondary N) is 2. The highest BCUT2D eigenvalue weighted by molar-refractivity contribution is 5.99. The van der Waals surface area contributed by atoms with Crippen LogP contribution in [0.4, 0.5) is 10.2 Å². The number of nitrogens with zero attached hydrogens (tertiary/aromatic N) is 3. The number of methoxy groups -OCH3 is 1. The average Bonchev–Trinajstić information content (AvgIpc) is 3.06. The number of halogens is 1. The molecule has 138 valence electrons. The predicted molar refractivity (Wildman–Crippen MR) is 96.5 cm³/mol. The molecule has 7 nitrogen and oxygen atoms in total.